The van der Waals surface area contributed by atoms with Crippen LogP contribution in [0.25, 0.3) is 11.3 Å². The molecule has 0 spiro atoms. The van der Waals surface area contributed by atoms with E-state index >= 15 is 0 Å². The van der Waals surface area contributed by atoms with E-state index in [1.807, 2.05) is 5.38 Å². The number of nitrogens with zero attached hydrogens (tertiary/aromatic N) is 2. The lowest BCUT2D eigenvalue weighted by molar-refractivity contribution is -0.116. The molecule has 128 valence electrons. The minimum atomic E-state index is -0.274. The molecule has 0 bridgehead atoms. The summed E-state index contributed by atoms with van der Waals surface area (Å²) in [6.45, 7) is 0. The zero-order chi connectivity index (χ0) is 17.6. The third kappa shape index (κ3) is 4.60. The van der Waals surface area contributed by atoms with Crippen molar-refractivity contribution in [3.63, 3.8) is 0 Å². The highest BCUT2D eigenvalue weighted by Crippen LogP contribution is 2.23. The van der Waals surface area contributed by atoms with Crippen LogP contribution in [0.1, 0.15) is 11.4 Å². The molecule has 2 aromatic heterocycles. The first-order chi connectivity index (χ1) is 12.1. The predicted molar refractivity (Wildman–Crippen MR) is 95.2 cm³/mol. The van der Waals surface area contributed by atoms with Gasteiger partial charge in [-0.2, -0.15) is 0 Å². The Hall–Kier alpha value is -2.80. The number of pyridine rings is 1. The highest BCUT2D eigenvalue weighted by atomic mass is 32.1. The maximum atomic E-state index is 13.0. The number of hydrogen-bond donors (Lipinski definition) is 1. The number of benzene rings is 1. The third-order valence-corrected chi connectivity index (χ3v) is 4.40. The number of rotatable bonds is 6. The Morgan fingerprint density at radius 1 is 1.24 bits per heavy atom. The Balaban J connectivity index is 1.54. The van der Waals surface area contributed by atoms with Crippen LogP contribution < -0.4 is 10.1 Å². The molecule has 1 N–H and O–H groups in total. The molecule has 0 radical (unpaired) electrons. The van der Waals surface area contributed by atoms with Crippen molar-refractivity contribution < 1.29 is 13.9 Å². The molecule has 2 heterocycles. The largest absolute Gasteiger partial charge is 0.481 e. The second kappa shape index (κ2) is 7.85. The molecule has 1 amide bonds. The number of halogens is 1. The van der Waals surface area contributed by atoms with Gasteiger partial charge in [-0.15, -0.1) is 11.3 Å². The Bertz CT molecular complexity index is 848. The fourth-order valence-corrected chi connectivity index (χ4v) is 3.01. The molecule has 25 heavy (non-hydrogen) atoms. The van der Waals surface area contributed by atoms with Gasteiger partial charge < -0.3 is 10.1 Å². The lowest BCUT2D eigenvalue weighted by Gasteiger charge is -2.04. The van der Waals surface area contributed by atoms with Gasteiger partial charge in [0.05, 0.1) is 29.7 Å². The van der Waals surface area contributed by atoms with Crippen LogP contribution in [0.2, 0.25) is 0 Å². The highest BCUT2D eigenvalue weighted by molar-refractivity contribution is 7.09. The van der Waals surface area contributed by atoms with Crippen LogP contribution in [0, 0.1) is 5.82 Å². The van der Waals surface area contributed by atoms with Gasteiger partial charge in [-0.25, -0.2) is 14.4 Å². The van der Waals surface area contributed by atoms with E-state index in [-0.39, 0.29) is 11.7 Å². The second-order valence-corrected chi connectivity index (χ2v) is 6.21. The van der Waals surface area contributed by atoms with E-state index in [0.29, 0.717) is 24.4 Å². The van der Waals surface area contributed by atoms with Crippen molar-refractivity contribution in [3.05, 3.63) is 58.8 Å². The molecule has 7 heteroatoms. The van der Waals surface area contributed by atoms with E-state index in [0.717, 1.165) is 16.3 Å². The van der Waals surface area contributed by atoms with Crippen molar-refractivity contribution in [2.24, 2.45) is 0 Å². The molecule has 5 nitrogen and oxygen atoms in total. The minimum absolute atomic E-state index is 0.106. The van der Waals surface area contributed by atoms with E-state index in [1.165, 1.54) is 30.6 Å². The highest BCUT2D eigenvalue weighted by Gasteiger charge is 2.08. The topological polar surface area (TPSA) is 64.1 Å². The van der Waals surface area contributed by atoms with Gasteiger partial charge in [-0.05, 0) is 30.3 Å². The zero-order valence-electron chi connectivity index (χ0n) is 13.5. The number of anilines is 1. The van der Waals surface area contributed by atoms with Crippen molar-refractivity contribution in [3.8, 4) is 17.1 Å². The van der Waals surface area contributed by atoms with E-state index < -0.39 is 0 Å². The Morgan fingerprint density at radius 2 is 2.04 bits per heavy atom. The van der Waals surface area contributed by atoms with Crippen molar-refractivity contribution in [2.45, 2.75) is 12.8 Å². The fraction of sp³-hybridized carbons (Fsp3) is 0.167. The summed E-state index contributed by atoms with van der Waals surface area (Å²) in [7, 11) is 1.54. The third-order valence-electron chi connectivity index (χ3n) is 3.49. The van der Waals surface area contributed by atoms with Crippen LogP contribution in [-0.2, 0) is 11.2 Å². The number of carbonyl (C=O) groups excluding carboxylic acids is 1. The van der Waals surface area contributed by atoms with Crippen molar-refractivity contribution in [2.75, 3.05) is 12.4 Å². The molecular formula is C18H16FN3O2S. The average molecular weight is 357 g/mol. The summed E-state index contributed by atoms with van der Waals surface area (Å²) in [6.07, 6.45) is 2.41. The molecule has 0 aliphatic rings. The summed E-state index contributed by atoms with van der Waals surface area (Å²) in [5.41, 5.74) is 2.27. The average Bonchev–Trinajstić information content (AvgIpc) is 3.10. The van der Waals surface area contributed by atoms with Crippen molar-refractivity contribution in [1.82, 2.24) is 9.97 Å². The quantitative estimate of drug-likeness (QED) is 0.726. The zero-order valence-corrected chi connectivity index (χ0v) is 14.3. The van der Waals surface area contributed by atoms with E-state index in [4.69, 9.17) is 4.74 Å². The maximum Gasteiger partial charge on any atom is 0.224 e. The molecule has 0 saturated heterocycles. The normalized spacial score (nSPS) is 10.5. The summed E-state index contributed by atoms with van der Waals surface area (Å²) in [5, 5.41) is 5.56. The number of carbonyl (C=O) groups is 1. The number of ether oxygens (including phenoxy) is 1. The summed E-state index contributed by atoms with van der Waals surface area (Å²) in [5.74, 6) is 0.114. The standard InChI is InChI=1S/C18H16FN3O2S/c1-24-17-8-6-14(10-20-17)21-16(23)7-9-18-22-15(11-25-18)12-2-4-13(19)5-3-12/h2-6,8,10-11H,7,9H2,1H3,(H,21,23). The Kier molecular flexibility index (Phi) is 5.35. The number of hydrogen-bond acceptors (Lipinski definition) is 5. The number of aryl methyl sites for hydroxylation is 1. The molecule has 0 fully saturated rings. The van der Waals surface area contributed by atoms with Crippen LogP contribution in [0.3, 0.4) is 0 Å². The van der Waals surface area contributed by atoms with Gasteiger partial charge in [0.15, 0.2) is 0 Å². The molecule has 1 aromatic carbocycles. The molecule has 0 atom stereocenters. The molecular weight excluding hydrogens is 341 g/mol. The SMILES string of the molecule is COc1ccc(NC(=O)CCc2nc(-c3ccc(F)cc3)cs2)cn1. The van der Waals surface area contributed by atoms with Gasteiger partial charge in [-0.1, -0.05) is 0 Å². The number of methoxy groups -OCH3 is 1. The van der Waals surface area contributed by atoms with Crippen LogP contribution >= 0.6 is 11.3 Å². The van der Waals surface area contributed by atoms with Crippen LogP contribution in [-0.4, -0.2) is 23.0 Å². The van der Waals surface area contributed by atoms with Gasteiger partial charge in [0, 0.05) is 29.9 Å². The Morgan fingerprint density at radius 3 is 2.72 bits per heavy atom. The first-order valence-electron chi connectivity index (χ1n) is 7.64. The van der Waals surface area contributed by atoms with Crippen LogP contribution in [0.15, 0.2) is 48.0 Å². The molecule has 3 rings (SSSR count). The first-order valence-corrected chi connectivity index (χ1v) is 8.52. The summed E-state index contributed by atoms with van der Waals surface area (Å²) in [4.78, 5) is 20.6. The van der Waals surface area contributed by atoms with Crippen LogP contribution in [0.5, 0.6) is 5.88 Å². The summed E-state index contributed by atoms with van der Waals surface area (Å²) >= 11 is 1.49. The van der Waals surface area contributed by atoms with Crippen molar-refractivity contribution >= 4 is 22.9 Å². The summed E-state index contributed by atoms with van der Waals surface area (Å²) < 4.78 is 17.9. The smallest absolute Gasteiger partial charge is 0.224 e. The van der Waals surface area contributed by atoms with Crippen molar-refractivity contribution in [1.29, 1.82) is 0 Å². The molecule has 0 saturated carbocycles. The molecule has 0 aliphatic carbocycles. The maximum absolute atomic E-state index is 13.0. The Labute approximate surface area is 148 Å². The van der Waals surface area contributed by atoms with E-state index in [2.05, 4.69) is 15.3 Å². The van der Waals surface area contributed by atoms with Gasteiger partial charge in [0.1, 0.15) is 5.82 Å². The number of thiazole rings is 1. The molecule has 0 aliphatic heterocycles. The number of nitrogens with one attached hydrogen (secondary N) is 1. The van der Waals surface area contributed by atoms with Gasteiger partial charge in [0.25, 0.3) is 0 Å². The van der Waals surface area contributed by atoms with E-state index in [1.54, 1.807) is 30.5 Å². The second-order valence-electron chi connectivity index (χ2n) is 5.27. The van der Waals surface area contributed by atoms with Gasteiger partial charge in [0.2, 0.25) is 11.8 Å². The molecule has 3 aromatic rings. The number of amides is 1. The molecule has 0 unspecified atom stereocenters. The lowest BCUT2D eigenvalue weighted by atomic mass is 10.2. The first kappa shape index (κ1) is 17.0. The lowest BCUT2D eigenvalue weighted by Crippen LogP contribution is -2.12. The number of aromatic nitrogens is 2. The predicted octanol–water partition coefficient (Wildman–Crippen LogP) is 3.92. The monoisotopic (exact) mass is 357 g/mol. The summed E-state index contributed by atoms with van der Waals surface area (Å²) in [6, 6.07) is 9.62. The van der Waals surface area contributed by atoms with Gasteiger partial charge >= 0.3 is 0 Å². The fourth-order valence-electron chi connectivity index (χ4n) is 2.20. The van der Waals surface area contributed by atoms with Gasteiger partial charge in [-0.3, -0.25) is 4.79 Å². The minimum Gasteiger partial charge on any atom is -0.481 e. The van der Waals surface area contributed by atoms with E-state index in [9.17, 15) is 9.18 Å². The van der Waals surface area contributed by atoms with Crippen LogP contribution in [0.4, 0.5) is 10.1 Å².